The molecular weight excluding hydrogens is 218 g/mol. The summed E-state index contributed by atoms with van der Waals surface area (Å²) in [5.74, 6) is 0.771. The Bertz CT molecular complexity index is 491. The van der Waals surface area contributed by atoms with Crippen molar-refractivity contribution in [2.75, 3.05) is 11.1 Å². The van der Waals surface area contributed by atoms with Crippen LogP contribution in [-0.4, -0.2) is 4.98 Å². The minimum Gasteiger partial charge on any atom is -0.396 e. The summed E-state index contributed by atoms with van der Waals surface area (Å²) in [5.41, 5.74) is 9.04. The van der Waals surface area contributed by atoms with Crippen LogP contribution in [0.1, 0.15) is 16.0 Å². The fourth-order valence-corrected chi connectivity index (χ4v) is 2.31. The highest BCUT2D eigenvalue weighted by molar-refractivity contribution is 7.10. The zero-order chi connectivity index (χ0) is 11.5. The van der Waals surface area contributed by atoms with Crippen LogP contribution in [0.15, 0.2) is 23.7 Å². The van der Waals surface area contributed by atoms with Crippen LogP contribution >= 0.6 is 11.3 Å². The van der Waals surface area contributed by atoms with Crippen LogP contribution in [0.3, 0.4) is 0 Å². The maximum Gasteiger partial charge on any atom is 0.149 e. The molecule has 0 aliphatic carbocycles. The Morgan fingerprint density at radius 2 is 2.12 bits per heavy atom. The number of hydrogen-bond donors (Lipinski definition) is 2. The van der Waals surface area contributed by atoms with Crippen molar-refractivity contribution in [1.29, 1.82) is 0 Å². The Balaban J connectivity index is 2.11. The average Bonchev–Trinajstić information content (AvgIpc) is 2.67. The van der Waals surface area contributed by atoms with Gasteiger partial charge < -0.3 is 11.1 Å². The van der Waals surface area contributed by atoms with E-state index in [1.54, 1.807) is 17.5 Å². The Kier molecular flexibility index (Phi) is 3.10. The fourth-order valence-electron chi connectivity index (χ4n) is 1.46. The van der Waals surface area contributed by atoms with Gasteiger partial charge in [0.05, 0.1) is 12.2 Å². The molecule has 0 aromatic carbocycles. The van der Waals surface area contributed by atoms with Gasteiger partial charge in [-0.2, -0.15) is 0 Å². The second kappa shape index (κ2) is 4.53. The average molecular weight is 233 g/mol. The van der Waals surface area contributed by atoms with Crippen LogP contribution in [0.4, 0.5) is 11.5 Å². The summed E-state index contributed by atoms with van der Waals surface area (Å²) in [6, 6.07) is 4.03. The first-order valence-corrected chi connectivity index (χ1v) is 6.04. The highest BCUT2D eigenvalue weighted by Crippen LogP contribution is 2.21. The Morgan fingerprint density at radius 1 is 1.31 bits per heavy atom. The number of hydrogen-bond acceptors (Lipinski definition) is 4. The highest BCUT2D eigenvalue weighted by Gasteiger charge is 2.04. The predicted octanol–water partition coefficient (Wildman–Crippen LogP) is 2.95. The van der Waals surface area contributed by atoms with Crippen molar-refractivity contribution in [3.05, 3.63) is 39.7 Å². The predicted molar refractivity (Wildman–Crippen MR) is 69.8 cm³/mol. The second-order valence-corrected chi connectivity index (χ2v) is 4.77. The van der Waals surface area contributed by atoms with Gasteiger partial charge in [-0.05, 0) is 42.5 Å². The molecule has 0 amide bonds. The first-order valence-electron chi connectivity index (χ1n) is 5.16. The van der Waals surface area contributed by atoms with Crippen LogP contribution < -0.4 is 11.1 Å². The second-order valence-electron chi connectivity index (χ2n) is 3.77. The molecule has 3 N–H and O–H groups in total. The lowest BCUT2D eigenvalue weighted by molar-refractivity contribution is 1.12. The van der Waals surface area contributed by atoms with Crippen LogP contribution in [-0.2, 0) is 6.54 Å². The lowest BCUT2D eigenvalue weighted by Crippen LogP contribution is -2.05. The summed E-state index contributed by atoms with van der Waals surface area (Å²) in [6.07, 6.45) is 1.77. The smallest absolute Gasteiger partial charge is 0.149 e. The molecule has 0 aliphatic rings. The number of nitrogens with zero attached hydrogens (tertiary/aromatic N) is 1. The number of thiophene rings is 1. The van der Waals surface area contributed by atoms with Gasteiger partial charge in [0.1, 0.15) is 5.82 Å². The molecule has 2 aromatic heterocycles. The number of aromatic nitrogens is 1. The molecule has 2 rings (SSSR count). The molecule has 4 heteroatoms. The molecule has 0 unspecified atom stereocenters. The van der Waals surface area contributed by atoms with E-state index in [1.165, 1.54) is 10.4 Å². The molecule has 0 bridgehead atoms. The fraction of sp³-hybridized carbons (Fsp3) is 0.250. The summed E-state index contributed by atoms with van der Waals surface area (Å²) in [6.45, 7) is 4.88. The van der Waals surface area contributed by atoms with Gasteiger partial charge in [0.15, 0.2) is 0 Å². The van der Waals surface area contributed by atoms with E-state index in [2.05, 4.69) is 28.7 Å². The van der Waals surface area contributed by atoms with Gasteiger partial charge in [-0.1, -0.05) is 0 Å². The maximum atomic E-state index is 5.94. The van der Waals surface area contributed by atoms with Crippen LogP contribution in [0.2, 0.25) is 0 Å². The molecule has 2 aromatic rings. The number of rotatable bonds is 3. The van der Waals surface area contributed by atoms with Crippen LogP contribution in [0, 0.1) is 13.8 Å². The molecule has 0 spiro atoms. The molecule has 0 saturated carbocycles. The minimum absolute atomic E-state index is 0.733. The van der Waals surface area contributed by atoms with E-state index < -0.39 is 0 Å². The topological polar surface area (TPSA) is 50.9 Å². The molecule has 0 saturated heterocycles. The van der Waals surface area contributed by atoms with E-state index in [-0.39, 0.29) is 0 Å². The van der Waals surface area contributed by atoms with Crippen molar-refractivity contribution in [3.8, 4) is 0 Å². The van der Waals surface area contributed by atoms with Crippen molar-refractivity contribution in [3.63, 3.8) is 0 Å². The first kappa shape index (κ1) is 11.0. The third-order valence-electron chi connectivity index (χ3n) is 2.59. The summed E-state index contributed by atoms with van der Waals surface area (Å²) < 4.78 is 0. The molecule has 3 nitrogen and oxygen atoms in total. The van der Waals surface area contributed by atoms with E-state index in [0.29, 0.717) is 0 Å². The number of nitrogens with two attached hydrogens (primary N) is 1. The van der Waals surface area contributed by atoms with Crippen molar-refractivity contribution >= 4 is 22.8 Å². The molecular formula is C12H15N3S. The number of nitrogens with one attached hydrogen (secondary N) is 1. The largest absolute Gasteiger partial charge is 0.396 e. The summed E-state index contributed by atoms with van der Waals surface area (Å²) in [4.78, 5) is 5.56. The van der Waals surface area contributed by atoms with E-state index in [0.717, 1.165) is 23.6 Å². The first-order chi connectivity index (χ1) is 7.68. The third-order valence-corrected chi connectivity index (χ3v) is 3.62. The Hall–Kier alpha value is -1.55. The molecule has 0 radical (unpaired) electrons. The van der Waals surface area contributed by atoms with Crippen molar-refractivity contribution in [2.24, 2.45) is 0 Å². The highest BCUT2D eigenvalue weighted by atomic mass is 32.1. The zero-order valence-electron chi connectivity index (χ0n) is 9.45. The zero-order valence-corrected chi connectivity index (χ0v) is 10.3. The Labute approximate surface area is 99.3 Å². The van der Waals surface area contributed by atoms with Crippen molar-refractivity contribution in [2.45, 2.75) is 20.4 Å². The monoisotopic (exact) mass is 233 g/mol. The molecule has 0 atom stereocenters. The SMILES string of the molecule is Cc1ccsc1CNc1nccc(C)c1N. The van der Waals surface area contributed by atoms with Crippen LogP contribution in [0.25, 0.3) is 0 Å². The molecule has 84 valence electrons. The number of aryl methyl sites for hydroxylation is 2. The summed E-state index contributed by atoms with van der Waals surface area (Å²) in [5, 5.41) is 5.37. The van der Waals surface area contributed by atoms with Crippen molar-refractivity contribution in [1.82, 2.24) is 4.98 Å². The van der Waals surface area contributed by atoms with E-state index in [1.807, 2.05) is 13.0 Å². The van der Waals surface area contributed by atoms with E-state index >= 15 is 0 Å². The van der Waals surface area contributed by atoms with Crippen molar-refractivity contribution < 1.29 is 0 Å². The summed E-state index contributed by atoms with van der Waals surface area (Å²) >= 11 is 1.75. The minimum atomic E-state index is 0.733. The van der Waals surface area contributed by atoms with Gasteiger partial charge in [-0.15, -0.1) is 11.3 Å². The number of nitrogen functional groups attached to an aromatic ring is 1. The van der Waals surface area contributed by atoms with E-state index in [4.69, 9.17) is 5.73 Å². The van der Waals surface area contributed by atoms with Gasteiger partial charge in [0.2, 0.25) is 0 Å². The maximum absolute atomic E-state index is 5.94. The van der Waals surface area contributed by atoms with Gasteiger partial charge in [0.25, 0.3) is 0 Å². The van der Waals surface area contributed by atoms with Gasteiger partial charge in [-0.3, -0.25) is 0 Å². The third kappa shape index (κ3) is 2.17. The quantitative estimate of drug-likeness (QED) is 0.857. The van der Waals surface area contributed by atoms with Gasteiger partial charge in [-0.25, -0.2) is 4.98 Å². The van der Waals surface area contributed by atoms with Gasteiger partial charge in [0, 0.05) is 11.1 Å². The Morgan fingerprint density at radius 3 is 2.81 bits per heavy atom. The number of pyridine rings is 1. The molecule has 0 aliphatic heterocycles. The van der Waals surface area contributed by atoms with Gasteiger partial charge >= 0.3 is 0 Å². The lowest BCUT2D eigenvalue weighted by Gasteiger charge is -2.09. The summed E-state index contributed by atoms with van der Waals surface area (Å²) in [7, 11) is 0. The molecule has 0 fully saturated rings. The van der Waals surface area contributed by atoms with Crippen LogP contribution in [0.5, 0.6) is 0 Å². The number of anilines is 2. The standard InChI is InChI=1S/C12H15N3S/c1-8-4-6-16-10(8)7-15-12-11(13)9(2)3-5-14-12/h3-6H,7,13H2,1-2H3,(H,14,15). The molecule has 2 heterocycles. The molecule has 16 heavy (non-hydrogen) atoms. The lowest BCUT2D eigenvalue weighted by atomic mass is 10.2. The normalized spacial score (nSPS) is 10.4. The van der Waals surface area contributed by atoms with E-state index in [9.17, 15) is 0 Å².